The van der Waals surface area contributed by atoms with Crippen LogP contribution in [0.5, 0.6) is 0 Å². The van der Waals surface area contributed by atoms with Crippen LogP contribution < -0.4 is 10.6 Å². The molecule has 0 aromatic carbocycles. The fraction of sp³-hybridized carbons (Fsp3) is 0.500. The molecule has 0 atom stereocenters. The Kier molecular flexibility index (Phi) is 2.98. The van der Waals surface area contributed by atoms with E-state index in [0.29, 0.717) is 10.7 Å². The van der Waals surface area contributed by atoms with Gasteiger partial charge in [-0.25, -0.2) is 4.98 Å². The van der Waals surface area contributed by atoms with Crippen molar-refractivity contribution in [3.63, 3.8) is 0 Å². The van der Waals surface area contributed by atoms with Crippen LogP contribution in [0.1, 0.15) is 0 Å². The van der Waals surface area contributed by atoms with Crippen molar-refractivity contribution in [2.24, 2.45) is 0 Å². The number of rotatable bonds is 1. The predicted molar refractivity (Wildman–Crippen MR) is 63.4 cm³/mol. The maximum atomic E-state index is 5.88. The Morgan fingerprint density at radius 3 is 2.60 bits per heavy atom. The molecule has 2 heterocycles. The Labute approximate surface area is 94.6 Å². The maximum Gasteiger partial charge on any atom is 0.151 e. The van der Waals surface area contributed by atoms with E-state index < -0.39 is 0 Å². The molecule has 1 aromatic heterocycles. The second-order valence-electron chi connectivity index (χ2n) is 3.86. The smallest absolute Gasteiger partial charge is 0.151 e. The third-order valence-electron chi connectivity index (χ3n) is 2.66. The van der Waals surface area contributed by atoms with Crippen LogP contribution in [0.4, 0.5) is 11.5 Å². The molecule has 1 fully saturated rings. The van der Waals surface area contributed by atoms with Crippen molar-refractivity contribution in [3.05, 3.63) is 17.3 Å². The monoisotopic (exact) mass is 226 g/mol. The Morgan fingerprint density at radius 2 is 2.00 bits per heavy atom. The molecule has 0 radical (unpaired) electrons. The first-order valence-electron chi connectivity index (χ1n) is 5.01. The Balaban J connectivity index is 2.15. The molecule has 1 saturated heterocycles. The zero-order valence-electron chi connectivity index (χ0n) is 8.78. The lowest BCUT2D eigenvalue weighted by atomic mass is 10.3. The van der Waals surface area contributed by atoms with Crippen molar-refractivity contribution in [2.45, 2.75) is 0 Å². The number of aromatic nitrogens is 1. The maximum absolute atomic E-state index is 5.88. The van der Waals surface area contributed by atoms with Crippen LogP contribution in [0.25, 0.3) is 0 Å². The molecule has 15 heavy (non-hydrogen) atoms. The fourth-order valence-electron chi connectivity index (χ4n) is 1.73. The molecular weight excluding hydrogens is 212 g/mol. The fourth-order valence-corrected chi connectivity index (χ4v) is 1.90. The van der Waals surface area contributed by atoms with E-state index in [-0.39, 0.29) is 0 Å². The molecule has 4 nitrogen and oxygen atoms in total. The average Bonchev–Trinajstić information content (AvgIpc) is 2.20. The van der Waals surface area contributed by atoms with Gasteiger partial charge in [-0.15, -0.1) is 0 Å². The molecule has 1 aliphatic heterocycles. The van der Waals surface area contributed by atoms with Crippen molar-refractivity contribution in [2.75, 3.05) is 43.9 Å². The summed E-state index contributed by atoms with van der Waals surface area (Å²) < 4.78 is 0. The van der Waals surface area contributed by atoms with E-state index in [0.717, 1.165) is 32.0 Å². The van der Waals surface area contributed by atoms with Crippen molar-refractivity contribution in [3.8, 4) is 0 Å². The van der Waals surface area contributed by atoms with Crippen LogP contribution in [0.3, 0.4) is 0 Å². The summed E-state index contributed by atoms with van der Waals surface area (Å²) in [7, 11) is 2.12. The summed E-state index contributed by atoms with van der Waals surface area (Å²) >= 11 is 5.81. The summed E-state index contributed by atoms with van der Waals surface area (Å²) in [5.41, 5.74) is 6.54. The van der Waals surface area contributed by atoms with Gasteiger partial charge in [0.05, 0.1) is 10.7 Å². The lowest BCUT2D eigenvalue weighted by Gasteiger charge is -2.33. The average molecular weight is 227 g/mol. The number of piperazine rings is 1. The van der Waals surface area contributed by atoms with Crippen LogP contribution in [-0.4, -0.2) is 43.1 Å². The van der Waals surface area contributed by atoms with Crippen molar-refractivity contribution < 1.29 is 0 Å². The zero-order valence-corrected chi connectivity index (χ0v) is 9.54. The summed E-state index contributed by atoms with van der Waals surface area (Å²) in [5.74, 6) is 0.854. The minimum absolute atomic E-state index is 0.588. The van der Waals surface area contributed by atoms with Gasteiger partial charge >= 0.3 is 0 Å². The molecule has 0 amide bonds. The van der Waals surface area contributed by atoms with Gasteiger partial charge in [0.25, 0.3) is 0 Å². The van der Waals surface area contributed by atoms with Gasteiger partial charge < -0.3 is 15.5 Å². The van der Waals surface area contributed by atoms with Crippen LogP contribution in [0.2, 0.25) is 5.02 Å². The first-order valence-corrected chi connectivity index (χ1v) is 5.39. The molecule has 0 spiro atoms. The van der Waals surface area contributed by atoms with E-state index in [1.807, 2.05) is 0 Å². The highest BCUT2D eigenvalue weighted by Gasteiger charge is 2.17. The highest BCUT2D eigenvalue weighted by molar-refractivity contribution is 6.30. The van der Waals surface area contributed by atoms with Crippen molar-refractivity contribution >= 4 is 23.1 Å². The number of hydrogen-bond acceptors (Lipinski definition) is 4. The first-order chi connectivity index (χ1) is 7.16. The number of nitrogens with zero attached hydrogens (tertiary/aromatic N) is 3. The molecular formula is C10H15ClN4. The predicted octanol–water partition coefficient (Wildman–Crippen LogP) is 1.07. The SMILES string of the molecule is CN1CCN(c2ncc(Cl)cc2N)CC1. The van der Waals surface area contributed by atoms with Gasteiger partial charge in [0.15, 0.2) is 5.82 Å². The van der Waals surface area contributed by atoms with Crippen molar-refractivity contribution in [1.29, 1.82) is 0 Å². The summed E-state index contributed by atoms with van der Waals surface area (Å²) in [6, 6.07) is 1.75. The number of nitrogens with two attached hydrogens (primary N) is 1. The van der Waals surface area contributed by atoms with Crippen LogP contribution in [0, 0.1) is 0 Å². The molecule has 0 saturated carbocycles. The molecule has 5 heteroatoms. The normalized spacial score (nSPS) is 18.1. The quantitative estimate of drug-likeness (QED) is 0.778. The van der Waals surface area contributed by atoms with Gasteiger partial charge in [-0.1, -0.05) is 11.6 Å². The third kappa shape index (κ3) is 2.33. The van der Waals surface area contributed by atoms with Crippen molar-refractivity contribution in [1.82, 2.24) is 9.88 Å². The Hall–Kier alpha value is -1.00. The van der Waals surface area contributed by atoms with E-state index in [2.05, 4.69) is 21.8 Å². The number of nitrogen functional groups attached to an aromatic ring is 1. The van der Waals surface area contributed by atoms with Gasteiger partial charge in [0.1, 0.15) is 0 Å². The summed E-state index contributed by atoms with van der Waals surface area (Å²) in [6.45, 7) is 4.03. The highest BCUT2D eigenvalue weighted by Crippen LogP contribution is 2.23. The van der Waals surface area contributed by atoms with Gasteiger partial charge in [0.2, 0.25) is 0 Å². The highest BCUT2D eigenvalue weighted by atomic mass is 35.5. The van der Waals surface area contributed by atoms with Crippen LogP contribution in [0.15, 0.2) is 12.3 Å². The second-order valence-corrected chi connectivity index (χ2v) is 4.29. The summed E-state index contributed by atoms with van der Waals surface area (Å²) in [5, 5.41) is 0.588. The molecule has 2 N–H and O–H groups in total. The van der Waals surface area contributed by atoms with Gasteiger partial charge in [-0.3, -0.25) is 0 Å². The van der Waals surface area contributed by atoms with Crippen LogP contribution in [-0.2, 0) is 0 Å². The number of pyridine rings is 1. The molecule has 1 aliphatic rings. The zero-order chi connectivity index (χ0) is 10.8. The molecule has 0 bridgehead atoms. The van der Waals surface area contributed by atoms with Gasteiger partial charge in [-0.05, 0) is 13.1 Å². The minimum Gasteiger partial charge on any atom is -0.396 e. The topological polar surface area (TPSA) is 45.4 Å². The summed E-state index contributed by atoms with van der Waals surface area (Å²) in [6.07, 6.45) is 1.64. The van der Waals surface area contributed by atoms with Crippen LogP contribution >= 0.6 is 11.6 Å². The third-order valence-corrected chi connectivity index (χ3v) is 2.87. The Bertz CT molecular complexity index is 347. The minimum atomic E-state index is 0.588. The largest absolute Gasteiger partial charge is 0.396 e. The first kappa shape index (κ1) is 10.5. The van der Waals surface area contributed by atoms with E-state index in [1.165, 1.54) is 0 Å². The van der Waals surface area contributed by atoms with E-state index >= 15 is 0 Å². The number of likely N-dealkylation sites (N-methyl/N-ethyl adjacent to an activating group) is 1. The lowest BCUT2D eigenvalue weighted by molar-refractivity contribution is 0.312. The van der Waals surface area contributed by atoms with E-state index in [1.54, 1.807) is 12.3 Å². The number of hydrogen-bond donors (Lipinski definition) is 1. The lowest BCUT2D eigenvalue weighted by Crippen LogP contribution is -2.45. The molecule has 0 aliphatic carbocycles. The van der Waals surface area contributed by atoms with Gasteiger partial charge in [0, 0.05) is 32.4 Å². The molecule has 2 rings (SSSR count). The molecule has 1 aromatic rings. The molecule has 82 valence electrons. The number of anilines is 2. The van der Waals surface area contributed by atoms with Gasteiger partial charge in [-0.2, -0.15) is 0 Å². The number of halogens is 1. The van der Waals surface area contributed by atoms with E-state index in [4.69, 9.17) is 17.3 Å². The molecule has 0 unspecified atom stereocenters. The standard InChI is InChI=1S/C10H15ClN4/c1-14-2-4-15(5-3-14)10-9(12)6-8(11)7-13-10/h6-7H,2-5,12H2,1H3. The second kappa shape index (κ2) is 4.24. The Morgan fingerprint density at radius 1 is 1.33 bits per heavy atom. The summed E-state index contributed by atoms with van der Waals surface area (Å²) in [4.78, 5) is 8.77. The van der Waals surface area contributed by atoms with E-state index in [9.17, 15) is 0 Å².